The van der Waals surface area contributed by atoms with Crippen molar-refractivity contribution in [2.45, 2.75) is 0 Å². The maximum absolute atomic E-state index is 13.0. The number of ketones is 1. The van der Waals surface area contributed by atoms with Gasteiger partial charge in [0.1, 0.15) is 5.52 Å². The first-order valence-electron chi connectivity index (χ1n) is 8.09. The normalized spacial score (nSPS) is 11.3. The highest BCUT2D eigenvalue weighted by molar-refractivity contribution is 7.11. The Morgan fingerprint density at radius 2 is 1.96 bits per heavy atom. The van der Waals surface area contributed by atoms with Crippen molar-refractivity contribution >= 4 is 40.3 Å². The molecular weight excluding hydrogens is 381 g/mol. The van der Waals surface area contributed by atoms with E-state index in [1.807, 2.05) is 0 Å². The van der Waals surface area contributed by atoms with E-state index < -0.39 is 11.9 Å². The van der Waals surface area contributed by atoms with Crippen LogP contribution in [0.2, 0.25) is 0 Å². The third-order valence-electron chi connectivity index (χ3n) is 3.95. The van der Waals surface area contributed by atoms with Crippen LogP contribution in [-0.4, -0.2) is 31.6 Å². The Morgan fingerprint density at radius 3 is 2.64 bits per heavy atom. The van der Waals surface area contributed by atoms with Crippen LogP contribution >= 0.6 is 11.3 Å². The first-order chi connectivity index (χ1) is 13.5. The Bertz CT molecular complexity index is 1230. The molecule has 0 radical (unpaired) electrons. The Morgan fingerprint density at radius 1 is 1.18 bits per heavy atom. The molecule has 3 aromatic heterocycles. The van der Waals surface area contributed by atoms with Crippen molar-refractivity contribution in [3.05, 3.63) is 70.2 Å². The minimum atomic E-state index is -0.666. The predicted octanol–water partition coefficient (Wildman–Crippen LogP) is 2.95. The van der Waals surface area contributed by atoms with E-state index in [4.69, 9.17) is 5.73 Å². The standard InChI is InChI=1S/C19H12FN5O2S/c20-14-9-28-19(25-14)17(27)11-3-1-10(2-4-11)13-8-23-18-16(24-13)12(7-22-18)5-6-15(21)26/h1-9H,(H2,21,26)(H,22,23)/b6-5+. The molecule has 0 saturated heterocycles. The molecule has 4 aromatic rings. The van der Waals surface area contributed by atoms with Crippen LogP contribution in [0.1, 0.15) is 20.9 Å². The van der Waals surface area contributed by atoms with Crippen LogP contribution in [0.4, 0.5) is 4.39 Å². The number of H-pyrrole nitrogens is 1. The average Bonchev–Trinajstić information content (AvgIpc) is 3.31. The summed E-state index contributed by atoms with van der Waals surface area (Å²) in [5.74, 6) is -1.56. The molecule has 0 unspecified atom stereocenters. The third kappa shape index (κ3) is 3.42. The number of nitrogens with two attached hydrogens (primary N) is 1. The second-order valence-corrected chi connectivity index (χ2v) is 6.67. The van der Waals surface area contributed by atoms with E-state index in [2.05, 4.69) is 19.9 Å². The minimum absolute atomic E-state index is 0.102. The van der Waals surface area contributed by atoms with Crippen LogP contribution in [0.3, 0.4) is 0 Å². The Balaban J connectivity index is 1.65. The van der Waals surface area contributed by atoms with Gasteiger partial charge in [0, 0.05) is 34.3 Å². The van der Waals surface area contributed by atoms with Crippen molar-refractivity contribution < 1.29 is 14.0 Å². The molecule has 4 rings (SSSR count). The highest BCUT2D eigenvalue weighted by Crippen LogP contribution is 2.23. The van der Waals surface area contributed by atoms with Crippen molar-refractivity contribution in [1.29, 1.82) is 0 Å². The van der Waals surface area contributed by atoms with E-state index in [1.54, 1.807) is 42.7 Å². The lowest BCUT2D eigenvalue weighted by molar-refractivity contribution is -0.113. The first-order valence-corrected chi connectivity index (χ1v) is 8.97. The van der Waals surface area contributed by atoms with Gasteiger partial charge in [-0.1, -0.05) is 24.3 Å². The number of carbonyl (C=O) groups is 2. The van der Waals surface area contributed by atoms with Crippen LogP contribution in [0.5, 0.6) is 0 Å². The summed E-state index contributed by atoms with van der Waals surface area (Å²) >= 11 is 0.963. The number of nitrogens with zero attached hydrogens (tertiary/aromatic N) is 3. The van der Waals surface area contributed by atoms with E-state index in [0.717, 1.165) is 16.9 Å². The fraction of sp³-hybridized carbons (Fsp3) is 0. The monoisotopic (exact) mass is 393 g/mol. The molecule has 0 aliphatic carbocycles. The van der Waals surface area contributed by atoms with Gasteiger partial charge < -0.3 is 10.7 Å². The van der Waals surface area contributed by atoms with Gasteiger partial charge in [-0.3, -0.25) is 9.59 Å². The van der Waals surface area contributed by atoms with Crippen LogP contribution in [0.25, 0.3) is 28.5 Å². The van der Waals surface area contributed by atoms with Crippen LogP contribution in [0, 0.1) is 5.95 Å². The quantitative estimate of drug-likeness (QED) is 0.400. The van der Waals surface area contributed by atoms with E-state index in [0.29, 0.717) is 28.0 Å². The van der Waals surface area contributed by atoms with Crippen molar-refractivity contribution in [3.8, 4) is 11.3 Å². The second-order valence-electron chi connectivity index (χ2n) is 5.81. The number of carbonyl (C=O) groups excluding carboxylic acids is 2. The van der Waals surface area contributed by atoms with Gasteiger partial charge in [0.05, 0.1) is 11.9 Å². The Kier molecular flexibility index (Phi) is 4.50. The molecule has 1 aromatic carbocycles. The maximum Gasteiger partial charge on any atom is 0.241 e. The molecule has 3 N–H and O–H groups in total. The largest absolute Gasteiger partial charge is 0.366 e. The number of fused-ring (bicyclic) bond motifs is 1. The molecule has 0 bridgehead atoms. The van der Waals surface area contributed by atoms with Gasteiger partial charge in [-0.25, -0.2) is 15.0 Å². The number of hydrogen-bond acceptors (Lipinski definition) is 6. The first kappa shape index (κ1) is 17.7. The molecule has 0 aliphatic rings. The van der Waals surface area contributed by atoms with Crippen LogP contribution in [0.15, 0.2) is 48.1 Å². The van der Waals surface area contributed by atoms with Gasteiger partial charge in [-0.2, -0.15) is 4.39 Å². The summed E-state index contributed by atoms with van der Waals surface area (Å²) in [5, 5.41) is 1.29. The molecule has 9 heteroatoms. The number of hydrogen-bond donors (Lipinski definition) is 2. The Hall–Kier alpha value is -3.72. The molecule has 3 heterocycles. The number of aromatic amines is 1. The van der Waals surface area contributed by atoms with E-state index in [1.165, 1.54) is 11.5 Å². The summed E-state index contributed by atoms with van der Waals surface area (Å²) in [4.78, 5) is 38.7. The van der Waals surface area contributed by atoms with Crippen molar-refractivity contribution in [2.75, 3.05) is 0 Å². The summed E-state index contributed by atoms with van der Waals surface area (Å²) in [6.07, 6.45) is 6.10. The number of amides is 1. The van der Waals surface area contributed by atoms with Gasteiger partial charge in [-0.05, 0) is 6.08 Å². The molecule has 28 heavy (non-hydrogen) atoms. The summed E-state index contributed by atoms with van der Waals surface area (Å²) in [6.45, 7) is 0. The zero-order valence-corrected chi connectivity index (χ0v) is 15.0. The van der Waals surface area contributed by atoms with Gasteiger partial charge in [0.25, 0.3) is 0 Å². The number of benzene rings is 1. The number of aromatic nitrogens is 4. The van der Waals surface area contributed by atoms with Crippen LogP contribution < -0.4 is 5.73 Å². The number of rotatable bonds is 5. The fourth-order valence-corrected chi connectivity index (χ4v) is 3.25. The fourth-order valence-electron chi connectivity index (χ4n) is 2.62. The van der Waals surface area contributed by atoms with Gasteiger partial charge in [0.2, 0.25) is 17.6 Å². The highest BCUT2D eigenvalue weighted by atomic mass is 32.1. The molecule has 0 saturated carbocycles. The molecule has 0 spiro atoms. The van der Waals surface area contributed by atoms with Crippen molar-refractivity contribution in [2.24, 2.45) is 5.73 Å². The molecule has 138 valence electrons. The smallest absolute Gasteiger partial charge is 0.241 e. The topological polar surface area (TPSA) is 115 Å². The Labute approximate surface area is 161 Å². The molecule has 7 nitrogen and oxygen atoms in total. The lowest BCUT2D eigenvalue weighted by Gasteiger charge is -2.03. The lowest BCUT2D eigenvalue weighted by atomic mass is 10.1. The molecule has 0 atom stereocenters. The molecule has 1 amide bonds. The minimum Gasteiger partial charge on any atom is -0.366 e. The van der Waals surface area contributed by atoms with Gasteiger partial charge >= 0.3 is 0 Å². The predicted molar refractivity (Wildman–Crippen MR) is 103 cm³/mol. The summed E-state index contributed by atoms with van der Waals surface area (Å²) in [6, 6.07) is 6.74. The number of halogens is 1. The molecular formula is C19H12FN5O2S. The highest BCUT2D eigenvalue weighted by Gasteiger charge is 2.14. The van der Waals surface area contributed by atoms with E-state index in [-0.39, 0.29) is 10.8 Å². The molecule has 0 aliphatic heterocycles. The summed E-state index contributed by atoms with van der Waals surface area (Å²) < 4.78 is 13.0. The van der Waals surface area contributed by atoms with E-state index >= 15 is 0 Å². The summed E-state index contributed by atoms with van der Waals surface area (Å²) in [7, 11) is 0. The molecule has 0 fully saturated rings. The van der Waals surface area contributed by atoms with Crippen molar-refractivity contribution in [1.82, 2.24) is 19.9 Å². The van der Waals surface area contributed by atoms with E-state index in [9.17, 15) is 14.0 Å². The lowest BCUT2D eigenvalue weighted by Crippen LogP contribution is -2.05. The summed E-state index contributed by atoms with van der Waals surface area (Å²) in [5.41, 5.74) is 8.73. The zero-order valence-electron chi connectivity index (χ0n) is 14.2. The van der Waals surface area contributed by atoms with Crippen LogP contribution in [-0.2, 0) is 4.79 Å². The van der Waals surface area contributed by atoms with Gasteiger partial charge in [0.15, 0.2) is 10.7 Å². The average molecular weight is 393 g/mol. The number of nitrogens with one attached hydrogen (secondary N) is 1. The van der Waals surface area contributed by atoms with Crippen molar-refractivity contribution in [3.63, 3.8) is 0 Å². The van der Waals surface area contributed by atoms with Gasteiger partial charge in [-0.15, -0.1) is 11.3 Å². The maximum atomic E-state index is 13.0. The third-order valence-corrected chi connectivity index (χ3v) is 4.76. The SMILES string of the molecule is NC(=O)/C=C/c1c[nH]c2ncc(-c3ccc(C(=O)c4nc(F)cs4)cc3)nc12. The number of thiazole rings is 1. The number of primary amides is 1. The zero-order chi connectivity index (χ0) is 19.7. The second kappa shape index (κ2) is 7.12.